The maximum absolute atomic E-state index is 13.7. The van der Waals surface area contributed by atoms with Crippen LogP contribution in [0.2, 0.25) is 5.02 Å². The number of rotatable bonds is 3. The summed E-state index contributed by atoms with van der Waals surface area (Å²) in [6.07, 6.45) is 1.95. The Labute approximate surface area is 111 Å². The van der Waals surface area contributed by atoms with Crippen LogP contribution in [0, 0.1) is 5.82 Å². The summed E-state index contributed by atoms with van der Waals surface area (Å²) >= 11 is 5.77. The summed E-state index contributed by atoms with van der Waals surface area (Å²) in [7, 11) is 0. The fourth-order valence-corrected chi connectivity index (χ4v) is 2.02. The number of ketones is 1. The largest absolute Gasteiger partial charge is 0.478 e. The van der Waals surface area contributed by atoms with Crippen molar-refractivity contribution in [2.45, 2.75) is 0 Å². The predicted molar refractivity (Wildman–Crippen MR) is 64.9 cm³/mol. The summed E-state index contributed by atoms with van der Waals surface area (Å²) in [6, 6.07) is 2.23. The molecule has 7 heteroatoms. The summed E-state index contributed by atoms with van der Waals surface area (Å²) in [5.74, 6) is -3.80. The fourth-order valence-electron chi connectivity index (χ4n) is 1.79. The van der Waals surface area contributed by atoms with Crippen LogP contribution in [0.25, 0.3) is 0 Å². The molecule has 0 aliphatic carbocycles. The smallest absolute Gasteiger partial charge is 0.328 e. The second kappa shape index (κ2) is 4.81. The van der Waals surface area contributed by atoms with Crippen LogP contribution in [0.5, 0.6) is 0 Å². The monoisotopic (exact) mass is 283 g/mol. The third-order valence-electron chi connectivity index (χ3n) is 2.56. The van der Waals surface area contributed by atoms with Gasteiger partial charge in [0.15, 0.2) is 0 Å². The van der Waals surface area contributed by atoms with E-state index in [9.17, 15) is 18.8 Å². The van der Waals surface area contributed by atoms with Gasteiger partial charge in [-0.25, -0.2) is 9.18 Å². The first kappa shape index (κ1) is 13.2. The number of hydrogen-bond donors (Lipinski definition) is 1. The van der Waals surface area contributed by atoms with E-state index in [2.05, 4.69) is 0 Å². The summed E-state index contributed by atoms with van der Waals surface area (Å²) < 4.78 is 13.7. The number of Topliss-reactive ketones (excluding diaryl/α,β-unsaturated/α-hetero) is 1. The lowest BCUT2D eigenvalue weighted by Crippen LogP contribution is -2.30. The normalized spacial score (nSPS) is 14.3. The number of carboxylic acid groups (broad SMARTS) is 1. The Balaban J connectivity index is 2.44. The molecule has 1 aliphatic heterocycles. The van der Waals surface area contributed by atoms with E-state index in [1.165, 1.54) is 6.07 Å². The first-order chi connectivity index (χ1) is 8.93. The average Bonchev–Trinajstić information content (AvgIpc) is 2.59. The molecule has 0 saturated carbocycles. The Morgan fingerprint density at radius 1 is 1.42 bits per heavy atom. The highest BCUT2D eigenvalue weighted by atomic mass is 35.5. The summed E-state index contributed by atoms with van der Waals surface area (Å²) in [6.45, 7) is -0.221. The Hall–Kier alpha value is -2.21. The number of nitrogens with zero attached hydrogens (tertiary/aromatic N) is 1. The molecule has 0 saturated heterocycles. The van der Waals surface area contributed by atoms with Crippen molar-refractivity contribution in [3.63, 3.8) is 0 Å². The van der Waals surface area contributed by atoms with Crippen molar-refractivity contribution >= 4 is 34.9 Å². The molecule has 5 nitrogen and oxygen atoms in total. The number of anilines is 1. The van der Waals surface area contributed by atoms with Crippen LogP contribution in [0.1, 0.15) is 10.4 Å². The van der Waals surface area contributed by atoms with Gasteiger partial charge in [0.25, 0.3) is 11.7 Å². The number of carbonyl (C=O) groups is 3. The van der Waals surface area contributed by atoms with Gasteiger partial charge in [-0.1, -0.05) is 17.7 Å². The van der Waals surface area contributed by atoms with Gasteiger partial charge in [0.2, 0.25) is 0 Å². The van der Waals surface area contributed by atoms with Crippen LogP contribution in [0.4, 0.5) is 10.1 Å². The Morgan fingerprint density at radius 2 is 2.11 bits per heavy atom. The number of hydrogen-bond acceptors (Lipinski definition) is 3. The van der Waals surface area contributed by atoms with Crippen molar-refractivity contribution < 1.29 is 23.9 Å². The third kappa shape index (κ3) is 2.22. The maximum Gasteiger partial charge on any atom is 0.328 e. The van der Waals surface area contributed by atoms with Crippen LogP contribution in [0.3, 0.4) is 0 Å². The van der Waals surface area contributed by atoms with E-state index in [1.54, 1.807) is 0 Å². The first-order valence-corrected chi connectivity index (χ1v) is 5.55. The molecule has 1 aromatic rings. The van der Waals surface area contributed by atoms with Crippen molar-refractivity contribution in [1.82, 2.24) is 0 Å². The second-order valence-corrected chi connectivity index (χ2v) is 4.15. The van der Waals surface area contributed by atoms with E-state index in [1.807, 2.05) is 0 Å². The van der Waals surface area contributed by atoms with Crippen LogP contribution >= 0.6 is 11.6 Å². The molecule has 19 heavy (non-hydrogen) atoms. The number of carbonyl (C=O) groups excluding carboxylic acids is 2. The zero-order valence-corrected chi connectivity index (χ0v) is 10.1. The average molecular weight is 284 g/mol. The van der Waals surface area contributed by atoms with Gasteiger partial charge in [-0.05, 0) is 12.1 Å². The van der Waals surface area contributed by atoms with Crippen LogP contribution < -0.4 is 4.90 Å². The summed E-state index contributed by atoms with van der Waals surface area (Å²) in [5.41, 5.74) is -0.395. The Bertz CT molecular complexity index is 626. The van der Waals surface area contributed by atoms with Crippen LogP contribution in [0.15, 0.2) is 24.3 Å². The van der Waals surface area contributed by atoms with E-state index in [0.29, 0.717) is 0 Å². The van der Waals surface area contributed by atoms with Gasteiger partial charge in [-0.3, -0.25) is 14.5 Å². The maximum atomic E-state index is 13.7. The quantitative estimate of drug-likeness (QED) is 0.676. The molecule has 0 unspecified atom stereocenters. The van der Waals surface area contributed by atoms with Gasteiger partial charge in [0, 0.05) is 12.6 Å². The van der Waals surface area contributed by atoms with E-state index in [-0.39, 0.29) is 22.8 Å². The highest BCUT2D eigenvalue weighted by Crippen LogP contribution is 2.36. The van der Waals surface area contributed by atoms with Crippen LogP contribution in [-0.2, 0) is 9.59 Å². The summed E-state index contributed by atoms with van der Waals surface area (Å²) in [5, 5.41) is 8.43. The van der Waals surface area contributed by atoms with E-state index in [0.717, 1.165) is 23.1 Å². The standard InChI is InChI=1S/C12H7ClFNO4/c13-6-3-4-7(14)10-9(6)11(18)12(19)15(10)5-1-2-8(16)17/h1-4H,5H2,(H,16,17)/b2-1+. The minimum absolute atomic E-state index is 0.0144. The zero-order valence-electron chi connectivity index (χ0n) is 9.39. The van der Waals surface area contributed by atoms with Gasteiger partial charge in [0.05, 0.1) is 16.3 Å². The van der Waals surface area contributed by atoms with Crippen molar-refractivity contribution in [2.75, 3.05) is 11.4 Å². The van der Waals surface area contributed by atoms with Crippen molar-refractivity contribution in [1.29, 1.82) is 0 Å². The number of halogens is 2. The second-order valence-electron chi connectivity index (χ2n) is 3.74. The van der Waals surface area contributed by atoms with Crippen molar-refractivity contribution in [3.05, 3.63) is 40.7 Å². The fraction of sp³-hybridized carbons (Fsp3) is 0.0833. The molecule has 0 bridgehead atoms. The summed E-state index contributed by atoms with van der Waals surface area (Å²) in [4.78, 5) is 34.6. The number of benzene rings is 1. The Kier molecular flexibility index (Phi) is 3.35. The molecule has 0 radical (unpaired) electrons. The minimum atomic E-state index is -1.20. The van der Waals surface area contributed by atoms with Crippen LogP contribution in [-0.4, -0.2) is 29.3 Å². The van der Waals surface area contributed by atoms with Crippen molar-refractivity contribution in [3.8, 4) is 0 Å². The lowest BCUT2D eigenvalue weighted by atomic mass is 10.1. The topological polar surface area (TPSA) is 74.7 Å². The molecule has 0 aromatic heterocycles. The molecule has 0 spiro atoms. The molecule has 0 atom stereocenters. The zero-order chi connectivity index (χ0) is 14.2. The molecule has 1 amide bonds. The van der Waals surface area contributed by atoms with Gasteiger partial charge in [0.1, 0.15) is 5.82 Å². The molecule has 0 fully saturated rings. The number of amides is 1. The van der Waals surface area contributed by atoms with Gasteiger partial charge in [-0.2, -0.15) is 0 Å². The van der Waals surface area contributed by atoms with Gasteiger partial charge < -0.3 is 5.11 Å². The lowest BCUT2D eigenvalue weighted by molar-refractivity contribution is -0.131. The molecule has 1 heterocycles. The highest BCUT2D eigenvalue weighted by Gasteiger charge is 2.39. The number of carboxylic acids is 1. The van der Waals surface area contributed by atoms with Gasteiger partial charge in [-0.15, -0.1) is 0 Å². The number of aliphatic carboxylic acids is 1. The minimum Gasteiger partial charge on any atom is -0.478 e. The molecule has 98 valence electrons. The Morgan fingerprint density at radius 3 is 2.74 bits per heavy atom. The predicted octanol–water partition coefficient (Wildman–Crippen LogP) is 1.65. The highest BCUT2D eigenvalue weighted by molar-refractivity contribution is 6.55. The molecule has 1 N–H and O–H groups in total. The molecule has 1 aromatic carbocycles. The SMILES string of the molecule is O=C(O)/C=C/CN1C(=O)C(=O)c2c(Cl)ccc(F)c21. The number of fused-ring (bicyclic) bond motifs is 1. The molecule has 1 aliphatic rings. The van der Waals surface area contributed by atoms with E-state index >= 15 is 0 Å². The van der Waals surface area contributed by atoms with Crippen molar-refractivity contribution in [2.24, 2.45) is 0 Å². The lowest BCUT2D eigenvalue weighted by Gasteiger charge is -2.14. The molecular formula is C12H7ClFNO4. The first-order valence-electron chi connectivity index (χ1n) is 5.17. The van der Waals surface area contributed by atoms with Gasteiger partial charge >= 0.3 is 5.97 Å². The molecule has 2 rings (SSSR count). The molecular weight excluding hydrogens is 277 g/mol. The third-order valence-corrected chi connectivity index (χ3v) is 2.88. The van der Waals surface area contributed by atoms with E-state index in [4.69, 9.17) is 16.7 Å². The van der Waals surface area contributed by atoms with E-state index < -0.39 is 23.5 Å².